The first-order valence-electron chi connectivity index (χ1n) is 7.25. The van der Waals surface area contributed by atoms with Gasteiger partial charge in [0.15, 0.2) is 0 Å². The fraction of sp³-hybridized carbons (Fsp3) is 0.333. The molecule has 1 saturated heterocycles. The van der Waals surface area contributed by atoms with Crippen LogP contribution in [0.25, 0.3) is 0 Å². The van der Waals surface area contributed by atoms with E-state index in [-0.39, 0.29) is 0 Å². The van der Waals surface area contributed by atoms with Crippen molar-refractivity contribution in [3.05, 3.63) is 63.6 Å². The predicted molar refractivity (Wildman–Crippen MR) is 89.4 cm³/mol. The molecule has 1 atom stereocenters. The lowest BCUT2D eigenvalue weighted by molar-refractivity contribution is 0.716. The maximum absolute atomic E-state index is 3.60. The lowest BCUT2D eigenvalue weighted by atomic mass is 10.0. The van der Waals surface area contributed by atoms with E-state index in [4.69, 9.17) is 0 Å². The summed E-state index contributed by atoms with van der Waals surface area (Å²) in [5.41, 5.74) is 5.60. The third kappa shape index (κ3) is 2.49. The minimum atomic E-state index is 0.507. The number of halogens is 1. The molecule has 0 amide bonds. The molecule has 0 aromatic heterocycles. The SMILES string of the molecule is Cc1cccc(C)c1N1CCCC1c1cccc(Br)c1. The van der Waals surface area contributed by atoms with Crippen LogP contribution in [0.3, 0.4) is 0 Å². The van der Waals surface area contributed by atoms with Gasteiger partial charge in [0.25, 0.3) is 0 Å². The van der Waals surface area contributed by atoms with E-state index in [1.54, 1.807) is 0 Å². The molecule has 3 rings (SSSR count). The monoisotopic (exact) mass is 329 g/mol. The Balaban J connectivity index is 2.01. The Hall–Kier alpha value is -1.28. The van der Waals surface area contributed by atoms with E-state index in [1.807, 2.05) is 0 Å². The summed E-state index contributed by atoms with van der Waals surface area (Å²) in [6, 6.07) is 15.8. The molecule has 1 heterocycles. The number of aryl methyl sites for hydroxylation is 2. The molecule has 104 valence electrons. The maximum atomic E-state index is 3.60. The van der Waals surface area contributed by atoms with Crippen LogP contribution < -0.4 is 4.90 Å². The maximum Gasteiger partial charge on any atom is 0.0543 e. The van der Waals surface area contributed by atoms with Crippen LogP contribution in [0, 0.1) is 13.8 Å². The molecule has 1 unspecified atom stereocenters. The molecule has 0 aliphatic carbocycles. The lowest BCUT2D eigenvalue weighted by Gasteiger charge is -2.30. The van der Waals surface area contributed by atoms with Crippen LogP contribution in [0.2, 0.25) is 0 Å². The van der Waals surface area contributed by atoms with Gasteiger partial charge in [0.1, 0.15) is 0 Å². The quantitative estimate of drug-likeness (QED) is 0.712. The summed E-state index contributed by atoms with van der Waals surface area (Å²) < 4.78 is 1.17. The Bertz CT molecular complexity index is 600. The number of para-hydroxylation sites is 1. The van der Waals surface area contributed by atoms with Crippen molar-refractivity contribution < 1.29 is 0 Å². The second kappa shape index (κ2) is 5.61. The molecular formula is C18H20BrN. The van der Waals surface area contributed by atoms with Crippen LogP contribution in [-0.4, -0.2) is 6.54 Å². The molecule has 0 bridgehead atoms. The van der Waals surface area contributed by atoms with Crippen molar-refractivity contribution in [1.82, 2.24) is 0 Å². The lowest BCUT2D eigenvalue weighted by Crippen LogP contribution is -2.24. The Kier molecular flexibility index (Phi) is 3.84. The molecule has 1 aliphatic rings. The molecule has 2 heteroatoms. The van der Waals surface area contributed by atoms with E-state index in [2.05, 4.69) is 77.1 Å². The van der Waals surface area contributed by atoms with Crippen molar-refractivity contribution in [2.24, 2.45) is 0 Å². The summed E-state index contributed by atoms with van der Waals surface area (Å²) in [6.45, 7) is 5.60. The zero-order chi connectivity index (χ0) is 14.1. The molecule has 1 fully saturated rings. The van der Waals surface area contributed by atoms with Crippen molar-refractivity contribution in [2.45, 2.75) is 32.7 Å². The fourth-order valence-electron chi connectivity index (χ4n) is 3.35. The first-order valence-corrected chi connectivity index (χ1v) is 8.04. The molecule has 0 N–H and O–H groups in total. The third-order valence-corrected chi connectivity index (χ3v) is 4.71. The van der Waals surface area contributed by atoms with Crippen molar-refractivity contribution in [2.75, 3.05) is 11.4 Å². The standard InChI is InChI=1S/C18H20BrN/c1-13-6-3-7-14(2)18(13)20-11-5-10-17(20)15-8-4-9-16(19)12-15/h3-4,6-9,12,17H,5,10-11H2,1-2H3. The zero-order valence-electron chi connectivity index (χ0n) is 12.1. The Morgan fingerprint density at radius 3 is 2.45 bits per heavy atom. The van der Waals surface area contributed by atoms with Crippen LogP contribution in [0.15, 0.2) is 46.9 Å². The average Bonchev–Trinajstić information content (AvgIpc) is 2.87. The van der Waals surface area contributed by atoms with E-state index in [1.165, 1.54) is 39.7 Å². The van der Waals surface area contributed by atoms with E-state index in [9.17, 15) is 0 Å². The van der Waals surface area contributed by atoms with Crippen LogP contribution in [0.1, 0.15) is 35.6 Å². The van der Waals surface area contributed by atoms with E-state index < -0.39 is 0 Å². The van der Waals surface area contributed by atoms with Crippen molar-refractivity contribution in [3.8, 4) is 0 Å². The summed E-state index contributed by atoms with van der Waals surface area (Å²) in [7, 11) is 0. The number of rotatable bonds is 2. The summed E-state index contributed by atoms with van der Waals surface area (Å²) in [5.74, 6) is 0. The minimum Gasteiger partial charge on any atom is -0.364 e. The largest absolute Gasteiger partial charge is 0.364 e. The highest BCUT2D eigenvalue weighted by Gasteiger charge is 2.28. The normalized spacial score (nSPS) is 18.6. The molecule has 0 saturated carbocycles. The highest BCUT2D eigenvalue weighted by atomic mass is 79.9. The summed E-state index contributed by atoms with van der Waals surface area (Å²) in [6.07, 6.45) is 2.51. The number of nitrogens with zero attached hydrogens (tertiary/aromatic N) is 1. The smallest absolute Gasteiger partial charge is 0.0543 e. The topological polar surface area (TPSA) is 3.24 Å². The predicted octanol–water partition coefficient (Wildman–Crippen LogP) is 5.41. The molecule has 20 heavy (non-hydrogen) atoms. The highest BCUT2D eigenvalue weighted by molar-refractivity contribution is 9.10. The molecule has 0 radical (unpaired) electrons. The van der Waals surface area contributed by atoms with Crippen LogP contribution in [-0.2, 0) is 0 Å². The first-order chi connectivity index (χ1) is 9.66. The van der Waals surface area contributed by atoms with Gasteiger partial charge < -0.3 is 4.90 Å². The Morgan fingerprint density at radius 2 is 1.75 bits per heavy atom. The minimum absolute atomic E-state index is 0.507. The molecule has 2 aromatic rings. The molecule has 2 aromatic carbocycles. The van der Waals surface area contributed by atoms with E-state index in [0.717, 1.165) is 6.54 Å². The number of hydrogen-bond acceptors (Lipinski definition) is 1. The van der Waals surface area contributed by atoms with E-state index in [0.29, 0.717) is 6.04 Å². The van der Waals surface area contributed by atoms with Gasteiger partial charge in [-0.05, 0) is 55.5 Å². The van der Waals surface area contributed by atoms with Crippen LogP contribution in [0.5, 0.6) is 0 Å². The number of hydrogen-bond donors (Lipinski definition) is 0. The number of anilines is 1. The van der Waals surface area contributed by atoms with Crippen molar-refractivity contribution >= 4 is 21.6 Å². The van der Waals surface area contributed by atoms with Gasteiger partial charge in [-0.2, -0.15) is 0 Å². The van der Waals surface area contributed by atoms with Gasteiger partial charge in [0, 0.05) is 16.7 Å². The van der Waals surface area contributed by atoms with Gasteiger partial charge in [0.05, 0.1) is 6.04 Å². The number of benzene rings is 2. The molecular weight excluding hydrogens is 310 g/mol. The Morgan fingerprint density at radius 1 is 1.05 bits per heavy atom. The van der Waals surface area contributed by atoms with Gasteiger partial charge in [-0.15, -0.1) is 0 Å². The Labute approximate surface area is 129 Å². The average molecular weight is 330 g/mol. The molecule has 1 nitrogen and oxygen atoms in total. The van der Waals surface area contributed by atoms with Gasteiger partial charge in [-0.25, -0.2) is 0 Å². The van der Waals surface area contributed by atoms with Crippen molar-refractivity contribution in [1.29, 1.82) is 0 Å². The first kappa shape index (κ1) is 13.7. The van der Waals surface area contributed by atoms with Gasteiger partial charge in [-0.1, -0.05) is 46.3 Å². The van der Waals surface area contributed by atoms with Crippen molar-refractivity contribution in [3.63, 3.8) is 0 Å². The second-order valence-corrected chi connectivity index (χ2v) is 6.56. The summed E-state index contributed by atoms with van der Waals surface area (Å²) in [5, 5.41) is 0. The molecule has 1 aliphatic heterocycles. The fourth-order valence-corrected chi connectivity index (χ4v) is 3.77. The van der Waals surface area contributed by atoms with Gasteiger partial charge in [0.2, 0.25) is 0 Å². The summed E-state index contributed by atoms with van der Waals surface area (Å²) >= 11 is 3.60. The van der Waals surface area contributed by atoms with Crippen LogP contribution in [0.4, 0.5) is 5.69 Å². The molecule has 0 spiro atoms. The second-order valence-electron chi connectivity index (χ2n) is 5.65. The highest BCUT2D eigenvalue weighted by Crippen LogP contribution is 2.39. The van der Waals surface area contributed by atoms with Gasteiger partial charge in [-0.3, -0.25) is 0 Å². The van der Waals surface area contributed by atoms with Gasteiger partial charge >= 0.3 is 0 Å². The summed E-state index contributed by atoms with van der Waals surface area (Å²) in [4.78, 5) is 2.59. The van der Waals surface area contributed by atoms with E-state index >= 15 is 0 Å². The third-order valence-electron chi connectivity index (χ3n) is 4.21. The zero-order valence-corrected chi connectivity index (χ0v) is 13.7. The van der Waals surface area contributed by atoms with Crippen LogP contribution >= 0.6 is 15.9 Å².